The van der Waals surface area contributed by atoms with Crippen LogP contribution >= 0.6 is 0 Å². The van der Waals surface area contributed by atoms with Gasteiger partial charge < -0.3 is 14.5 Å². The van der Waals surface area contributed by atoms with Gasteiger partial charge in [0.25, 0.3) is 0 Å². The summed E-state index contributed by atoms with van der Waals surface area (Å²) in [4.78, 5) is 0. The lowest BCUT2D eigenvalue weighted by Gasteiger charge is -2.09. The van der Waals surface area contributed by atoms with Gasteiger partial charge in [0.1, 0.15) is 17.3 Å². The van der Waals surface area contributed by atoms with E-state index in [2.05, 4.69) is 12.2 Å². The summed E-state index contributed by atoms with van der Waals surface area (Å²) in [6.07, 6.45) is 2.67. The maximum atomic E-state index is 13.4. The molecule has 0 unspecified atom stereocenters. The molecule has 1 heterocycles. The molecule has 1 N–H and O–H groups in total. The van der Waals surface area contributed by atoms with Gasteiger partial charge in [-0.2, -0.15) is 0 Å². The van der Waals surface area contributed by atoms with Gasteiger partial charge in [0.2, 0.25) is 0 Å². The molecular weight excluding hydrogens is 245 g/mol. The number of halogens is 1. The van der Waals surface area contributed by atoms with Crippen molar-refractivity contribution in [3.63, 3.8) is 0 Å². The van der Waals surface area contributed by atoms with Crippen LogP contribution in [0.5, 0.6) is 5.75 Å². The van der Waals surface area contributed by atoms with Crippen LogP contribution in [0.15, 0.2) is 34.9 Å². The molecule has 0 amide bonds. The Morgan fingerprint density at radius 2 is 2.11 bits per heavy atom. The first kappa shape index (κ1) is 13.6. The van der Waals surface area contributed by atoms with E-state index in [1.807, 2.05) is 6.07 Å². The van der Waals surface area contributed by atoms with Gasteiger partial charge in [0, 0.05) is 11.1 Å². The third kappa shape index (κ3) is 3.15. The fraction of sp³-hybridized carbons (Fsp3) is 0.333. The summed E-state index contributed by atoms with van der Waals surface area (Å²) in [7, 11) is 1.58. The highest BCUT2D eigenvalue weighted by atomic mass is 19.1. The van der Waals surface area contributed by atoms with Gasteiger partial charge in [0.05, 0.1) is 19.9 Å². The highest BCUT2D eigenvalue weighted by Gasteiger charge is 2.13. The Balaban J connectivity index is 2.31. The van der Waals surface area contributed by atoms with E-state index in [0.717, 1.165) is 24.3 Å². The first-order valence-corrected chi connectivity index (χ1v) is 6.37. The van der Waals surface area contributed by atoms with Gasteiger partial charge in [-0.05, 0) is 37.2 Å². The number of ether oxygens (including phenoxy) is 1. The van der Waals surface area contributed by atoms with Crippen LogP contribution in [0.1, 0.15) is 19.1 Å². The van der Waals surface area contributed by atoms with Crippen LogP contribution in [-0.2, 0) is 6.54 Å². The average molecular weight is 263 g/mol. The standard InChI is InChI=1S/C15H18FNO2/c1-3-7-17-10-15-12(6-8-19-15)13-9-11(16)4-5-14(13)18-2/h4-6,8-9,17H,3,7,10H2,1-2H3. The third-order valence-corrected chi connectivity index (χ3v) is 2.91. The number of benzene rings is 1. The molecule has 0 saturated carbocycles. The molecule has 0 fully saturated rings. The molecule has 0 spiro atoms. The summed E-state index contributed by atoms with van der Waals surface area (Å²) in [5.41, 5.74) is 1.57. The number of methoxy groups -OCH3 is 1. The Hall–Kier alpha value is -1.81. The van der Waals surface area contributed by atoms with Crippen molar-refractivity contribution < 1.29 is 13.5 Å². The zero-order valence-electron chi connectivity index (χ0n) is 11.2. The van der Waals surface area contributed by atoms with Crippen molar-refractivity contribution >= 4 is 0 Å². The van der Waals surface area contributed by atoms with Crippen LogP contribution in [0.25, 0.3) is 11.1 Å². The van der Waals surface area contributed by atoms with E-state index in [1.54, 1.807) is 19.4 Å². The van der Waals surface area contributed by atoms with Crippen LogP contribution in [0.2, 0.25) is 0 Å². The van der Waals surface area contributed by atoms with E-state index in [-0.39, 0.29) is 5.82 Å². The fourth-order valence-electron chi connectivity index (χ4n) is 1.99. The molecule has 0 aliphatic heterocycles. The second-order valence-corrected chi connectivity index (χ2v) is 4.28. The van der Waals surface area contributed by atoms with E-state index in [0.29, 0.717) is 17.9 Å². The summed E-state index contributed by atoms with van der Waals surface area (Å²) in [5.74, 6) is 1.14. The molecule has 4 heteroatoms. The van der Waals surface area contributed by atoms with Gasteiger partial charge in [-0.15, -0.1) is 0 Å². The Labute approximate surface area is 112 Å². The van der Waals surface area contributed by atoms with Gasteiger partial charge in [-0.3, -0.25) is 0 Å². The topological polar surface area (TPSA) is 34.4 Å². The molecule has 0 bridgehead atoms. The molecule has 3 nitrogen and oxygen atoms in total. The minimum absolute atomic E-state index is 0.288. The van der Waals surface area contributed by atoms with E-state index in [9.17, 15) is 4.39 Å². The SMILES string of the molecule is CCCNCc1occc1-c1cc(F)ccc1OC. The van der Waals surface area contributed by atoms with Gasteiger partial charge in [-0.1, -0.05) is 6.92 Å². The third-order valence-electron chi connectivity index (χ3n) is 2.91. The van der Waals surface area contributed by atoms with Gasteiger partial charge in [-0.25, -0.2) is 4.39 Å². The lowest BCUT2D eigenvalue weighted by Crippen LogP contribution is -2.13. The molecule has 0 aliphatic rings. The van der Waals surface area contributed by atoms with Crippen molar-refractivity contribution in [1.29, 1.82) is 0 Å². The first-order chi connectivity index (χ1) is 9.26. The Kier molecular flexibility index (Phi) is 4.58. The van der Waals surface area contributed by atoms with E-state index >= 15 is 0 Å². The summed E-state index contributed by atoms with van der Waals surface area (Å²) in [6.45, 7) is 3.64. The summed E-state index contributed by atoms with van der Waals surface area (Å²) >= 11 is 0. The highest BCUT2D eigenvalue weighted by Crippen LogP contribution is 2.33. The molecule has 2 rings (SSSR count). The van der Waals surface area contributed by atoms with E-state index in [1.165, 1.54) is 12.1 Å². The van der Waals surface area contributed by atoms with Crippen LogP contribution in [0, 0.1) is 5.82 Å². The first-order valence-electron chi connectivity index (χ1n) is 6.37. The minimum atomic E-state index is -0.288. The highest BCUT2D eigenvalue weighted by molar-refractivity contribution is 5.72. The van der Waals surface area contributed by atoms with Gasteiger partial charge >= 0.3 is 0 Å². The Morgan fingerprint density at radius 3 is 2.84 bits per heavy atom. The second kappa shape index (κ2) is 6.38. The predicted molar refractivity (Wildman–Crippen MR) is 72.7 cm³/mol. The van der Waals surface area contributed by atoms with Crippen molar-refractivity contribution in [2.75, 3.05) is 13.7 Å². The molecule has 2 aromatic rings. The zero-order valence-corrected chi connectivity index (χ0v) is 11.2. The molecule has 0 aliphatic carbocycles. The monoisotopic (exact) mass is 263 g/mol. The lowest BCUT2D eigenvalue weighted by atomic mass is 10.0. The normalized spacial score (nSPS) is 10.7. The lowest BCUT2D eigenvalue weighted by molar-refractivity contribution is 0.415. The summed E-state index contributed by atoms with van der Waals surface area (Å²) in [6, 6.07) is 6.31. The van der Waals surface area contributed by atoms with Crippen LogP contribution in [0.3, 0.4) is 0 Å². The summed E-state index contributed by atoms with van der Waals surface area (Å²) < 4.78 is 24.2. The van der Waals surface area contributed by atoms with E-state index < -0.39 is 0 Å². The molecule has 0 radical (unpaired) electrons. The van der Waals surface area contributed by atoms with Crippen molar-refractivity contribution in [1.82, 2.24) is 5.32 Å². The van der Waals surface area contributed by atoms with Crippen molar-refractivity contribution in [2.24, 2.45) is 0 Å². The van der Waals surface area contributed by atoms with Gasteiger partial charge in [0.15, 0.2) is 0 Å². The molecular formula is C15H18FNO2. The molecule has 0 atom stereocenters. The minimum Gasteiger partial charge on any atom is -0.496 e. The predicted octanol–water partition coefficient (Wildman–Crippen LogP) is 3.59. The maximum absolute atomic E-state index is 13.4. The second-order valence-electron chi connectivity index (χ2n) is 4.28. The number of hydrogen-bond donors (Lipinski definition) is 1. The van der Waals surface area contributed by atoms with E-state index in [4.69, 9.17) is 9.15 Å². The number of nitrogens with one attached hydrogen (secondary N) is 1. The molecule has 19 heavy (non-hydrogen) atoms. The number of hydrogen-bond acceptors (Lipinski definition) is 3. The Morgan fingerprint density at radius 1 is 1.26 bits per heavy atom. The Bertz CT molecular complexity index is 537. The summed E-state index contributed by atoms with van der Waals surface area (Å²) in [5, 5.41) is 3.27. The van der Waals surface area contributed by atoms with Crippen LogP contribution in [-0.4, -0.2) is 13.7 Å². The largest absolute Gasteiger partial charge is 0.496 e. The number of furan rings is 1. The van der Waals surface area contributed by atoms with Crippen LogP contribution < -0.4 is 10.1 Å². The molecule has 1 aromatic carbocycles. The van der Waals surface area contributed by atoms with Crippen molar-refractivity contribution in [3.8, 4) is 16.9 Å². The number of rotatable bonds is 6. The zero-order chi connectivity index (χ0) is 13.7. The fourth-order valence-corrected chi connectivity index (χ4v) is 1.99. The molecule has 0 saturated heterocycles. The van der Waals surface area contributed by atoms with Crippen LogP contribution in [0.4, 0.5) is 4.39 Å². The average Bonchev–Trinajstić information content (AvgIpc) is 2.87. The molecule has 1 aromatic heterocycles. The maximum Gasteiger partial charge on any atom is 0.127 e. The molecule has 102 valence electrons. The van der Waals surface area contributed by atoms with Crippen molar-refractivity contribution in [2.45, 2.75) is 19.9 Å². The quantitative estimate of drug-likeness (QED) is 0.809. The smallest absolute Gasteiger partial charge is 0.127 e. The van der Waals surface area contributed by atoms with Crippen molar-refractivity contribution in [3.05, 3.63) is 42.1 Å².